The fourth-order valence-corrected chi connectivity index (χ4v) is 2.03. The third kappa shape index (κ3) is 3.55. The summed E-state index contributed by atoms with van der Waals surface area (Å²) in [4.78, 5) is 28.2. The Morgan fingerprint density at radius 3 is 2.71 bits per heavy atom. The number of benzene rings is 1. The van der Waals surface area contributed by atoms with Gasteiger partial charge in [0.2, 0.25) is 5.91 Å². The lowest BCUT2D eigenvalue weighted by Crippen LogP contribution is -2.26. The molecule has 110 valence electrons. The molecule has 1 aromatic heterocycles. The number of rotatable bonds is 5. The minimum atomic E-state index is -0.206. The topological polar surface area (TPSA) is 83.1 Å². The van der Waals surface area contributed by atoms with Crippen LogP contribution in [0.1, 0.15) is 17.3 Å². The van der Waals surface area contributed by atoms with Crippen LogP contribution in [0.4, 0.5) is 5.82 Å². The summed E-state index contributed by atoms with van der Waals surface area (Å²) < 4.78 is 0. The van der Waals surface area contributed by atoms with Crippen LogP contribution in [0.15, 0.2) is 30.3 Å². The van der Waals surface area contributed by atoms with E-state index in [9.17, 15) is 9.59 Å². The van der Waals surface area contributed by atoms with E-state index in [2.05, 4.69) is 20.9 Å². The molecule has 0 aliphatic carbocycles. The summed E-state index contributed by atoms with van der Waals surface area (Å²) in [6, 6.07) is 8.95. The van der Waals surface area contributed by atoms with Gasteiger partial charge >= 0.3 is 0 Å². The average molecular weight is 286 g/mol. The molecule has 2 aromatic rings. The van der Waals surface area contributed by atoms with Gasteiger partial charge in [-0.1, -0.05) is 18.2 Å². The van der Waals surface area contributed by atoms with E-state index in [1.165, 1.54) is 0 Å². The predicted molar refractivity (Wildman–Crippen MR) is 82.3 cm³/mol. The highest BCUT2D eigenvalue weighted by molar-refractivity contribution is 6.07. The van der Waals surface area contributed by atoms with E-state index in [4.69, 9.17) is 0 Å². The quantitative estimate of drug-likeness (QED) is 0.770. The number of fused-ring (bicyclic) bond motifs is 1. The van der Waals surface area contributed by atoms with Crippen molar-refractivity contribution in [3.05, 3.63) is 35.9 Å². The summed E-state index contributed by atoms with van der Waals surface area (Å²) in [6.45, 7) is 2.58. The first-order chi connectivity index (χ1) is 10.2. The molecule has 6 heteroatoms. The summed E-state index contributed by atoms with van der Waals surface area (Å²) in [5.41, 5.74) is 1.17. The number of nitrogens with one attached hydrogen (secondary N) is 3. The zero-order valence-corrected chi connectivity index (χ0v) is 12.1. The normalized spacial score (nSPS) is 10.4. The Hall–Kier alpha value is -2.47. The van der Waals surface area contributed by atoms with Gasteiger partial charge in [0, 0.05) is 11.9 Å². The van der Waals surface area contributed by atoms with Gasteiger partial charge in [0.25, 0.3) is 5.91 Å². The van der Waals surface area contributed by atoms with Crippen molar-refractivity contribution in [2.24, 2.45) is 0 Å². The second-order valence-electron chi connectivity index (χ2n) is 4.51. The minimum Gasteiger partial charge on any atom is -0.352 e. The molecule has 3 N–H and O–H groups in total. The van der Waals surface area contributed by atoms with Gasteiger partial charge in [-0.05, 0) is 26.1 Å². The number of likely N-dealkylation sites (N-methyl/N-ethyl adjacent to an activating group) is 1. The monoisotopic (exact) mass is 286 g/mol. The number of carbonyl (C=O) groups excluding carboxylic acids is 2. The fraction of sp³-hybridized carbons (Fsp3) is 0.267. The molecule has 0 aliphatic heterocycles. The molecule has 6 nitrogen and oxygen atoms in total. The van der Waals surface area contributed by atoms with E-state index in [0.29, 0.717) is 23.4 Å². The highest BCUT2D eigenvalue weighted by Crippen LogP contribution is 2.20. The van der Waals surface area contributed by atoms with Gasteiger partial charge in [-0.15, -0.1) is 0 Å². The zero-order chi connectivity index (χ0) is 15.2. The highest BCUT2D eigenvalue weighted by Gasteiger charge is 2.13. The summed E-state index contributed by atoms with van der Waals surface area (Å²) in [5.74, 6) is -0.0162. The summed E-state index contributed by atoms with van der Waals surface area (Å²) in [6.07, 6.45) is 0. The maximum absolute atomic E-state index is 12.2. The maximum Gasteiger partial charge on any atom is 0.252 e. The van der Waals surface area contributed by atoms with Crippen molar-refractivity contribution in [2.45, 2.75) is 6.92 Å². The van der Waals surface area contributed by atoms with Crippen LogP contribution >= 0.6 is 0 Å². The van der Waals surface area contributed by atoms with Crippen LogP contribution in [0, 0.1) is 0 Å². The molecule has 0 bridgehead atoms. The smallest absolute Gasteiger partial charge is 0.252 e. The van der Waals surface area contributed by atoms with E-state index < -0.39 is 0 Å². The Labute approximate surface area is 122 Å². The van der Waals surface area contributed by atoms with Crippen molar-refractivity contribution >= 4 is 28.5 Å². The second kappa shape index (κ2) is 6.81. The molecular weight excluding hydrogens is 268 g/mol. The molecule has 0 atom stereocenters. The highest BCUT2D eigenvalue weighted by atomic mass is 16.2. The van der Waals surface area contributed by atoms with Crippen LogP contribution in [0.2, 0.25) is 0 Å². The molecule has 2 rings (SSSR count). The van der Waals surface area contributed by atoms with Crippen molar-refractivity contribution in [1.82, 2.24) is 15.6 Å². The minimum absolute atomic E-state index is 0.180. The molecule has 0 aliphatic rings. The summed E-state index contributed by atoms with van der Waals surface area (Å²) in [5, 5.41) is 8.97. The molecule has 0 spiro atoms. The van der Waals surface area contributed by atoms with Crippen LogP contribution in [0.5, 0.6) is 0 Å². The Morgan fingerprint density at radius 1 is 1.24 bits per heavy atom. The maximum atomic E-state index is 12.2. The van der Waals surface area contributed by atoms with Crippen LogP contribution in [0.3, 0.4) is 0 Å². The number of nitrogens with zero attached hydrogens (tertiary/aromatic N) is 1. The lowest BCUT2D eigenvalue weighted by molar-refractivity contribution is -0.115. The van der Waals surface area contributed by atoms with Gasteiger partial charge in [-0.25, -0.2) is 4.98 Å². The van der Waals surface area contributed by atoms with Crippen molar-refractivity contribution in [3.63, 3.8) is 0 Å². The Morgan fingerprint density at radius 2 is 2.00 bits per heavy atom. The molecule has 0 saturated heterocycles. The standard InChI is InChI=1S/C15H18N4O2/c1-3-17-15(21)11-8-13(19-14(20)9-16-2)18-12-7-5-4-6-10(11)12/h4-8,16H,3,9H2,1-2H3,(H,17,21)(H,18,19,20). The number of amides is 2. The van der Waals surface area contributed by atoms with E-state index in [1.54, 1.807) is 13.1 Å². The fourth-order valence-electron chi connectivity index (χ4n) is 2.03. The molecule has 1 heterocycles. The van der Waals surface area contributed by atoms with E-state index in [-0.39, 0.29) is 18.4 Å². The summed E-state index contributed by atoms with van der Waals surface area (Å²) >= 11 is 0. The molecule has 0 saturated carbocycles. The first-order valence-corrected chi connectivity index (χ1v) is 6.78. The zero-order valence-electron chi connectivity index (χ0n) is 12.1. The second-order valence-corrected chi connectivity index (χ2v) is 4.51. The molecular formula is C15H18N4O2. The molecule has 1 aromatic carbocycles. The SMILES string of the molecule is CCNC(=O)c1cc(NC(=O)CNC)nc2ccccc12. The number of hydrogen-bond acceptors (Lipinski definition) is 4. The van der Waals surface area contributed by atoms with Gasteiger partial charge in [0.05, 0.1) is 17.6 Å². The first-order valence-electron chi connectivity index (χ1n) is 6.78. The lowest BCUT2D eigenvalue weighted by Gasteiger charge is -2.10. The molecule has 2 amide bonds. The molecule has 0 unspecified atom stereocenters. The van der Waals surface area contributed by atoms with Gasteiger partial charge in [-0.3, -0.25) is 9.59 Å². The van der Waals surface area contributed by atoms with Crippen molar-refractivity contribution in [2.75, 3.05) is 25.5 Å². The van der Waals surface area contributed by atoms with Crippen molar-refractivity contribution in [3.8, 4) is 0 Å². The Kier molecular flexibility index (Phi) is 4.84. The third-order valence-electron chi connectivity index (χ3n) is 2.90. The third-order valence-corrected chi connectivity index (χ3v) is 2.90. The first kappa shape index (κ1) is 14.9. The number of aromatic nitrogens is 1. The van der Waals surface area contributed by atoms with E-state index in [1.807, 2.05) is 31.2 Å². The van der Waals surface area contributed by atoms with Crippen molar-refractivity contribution in [1.29, 1.82) is 0 Å². The van der Waals surface area contributed by atoms with Gasteiger partial charge in [-0.2, -0.15) is 0 Å². The van der Waals surface area contributed by atoms with Crippen LogP contribution in [-0.4, -0.2) is 36.9 Å². The summed E-state index contributed by atoms with van der Waals surface area (Å²) in [7, 11) is 1.69. The Balaban J connectivity index is 2.44. The average Bonchev–Trinajstić information content (AvgIpc) is 2.47. The van der Waals surface area contributed by atoms with E-state index >= 15 is 0 Å². The Bertz CT molecular complexity index is 670. The number of hydrogen-bond donors (Lipinski definition) is 3. The number of carbonyl (C=O) groups is 2. The molecule has 0 fully saturated rings. The number of anilines is 1. The number of para-hydroxylation sites is 1. The van der Waals surface area contributed by atoms with Gasteiger partial charge in [0.15, 0.2) is 0 Å². The predicted octanol–water partition coefficient (Wildman–Crippen LogP) is 1.14. The van der Waals surface area contributed by atoms with E-state index in [0.717, 1.165) is 5.39 Å². The van der Waals surface area contributed by atoms with Crippen LogP contribution in [-0.2, 0) is 4.79 Å². The number of pyridine rings is 1. The van der Waals surface area contributed by atoms with Gasteiger partial charge in [0.1, 0.15) is 5.82 Å². The van der Waals surface area contributed by atoms with Crippen LogP contribution in [0.25, 0.3) is 10.9 Å². The lowest BCUT2D eigenvalue weighted by atomic mass is 10.1. The largest absolute Gasteiger partial charge is 0.352 e. The van der Waals surface area contributed by atoms with Gasteiger partial charge < -0.3 is 16.0 Å². The van der Waals surface area contributed by atoms with Crippen molar-refractivity contribution < 1.29 is 9.59 Å². The molecule has 0 radical (unpaired) electrons. The van der Waals surface area contributed by atoms with Crippen LogP contribution < -0.4 is 16.0 Å². The molecule has 21 heavy (non-hydrogen) atoms.